The topological polar surface area (TPSA) is 45.1 Å². The Hall–Kier alpha value is -1.45. The number of aliphatic hydroxyl groups excluding tert-OH is 1. The molecule has 0 amide bonds. The molecular formula is C19H26N2O. The van der Waals surface area contributed by atoms with Gasteiger partial charge in [-0.2, -0.15) is 0 Å². The number of hydrogen-bond acceptors (Lipinski definition) is 3. The van der Waals surface area contributed by atoms with Gasteiger partial charge in [0.05, 0.1) is 11.6 Å². The van der Waals surface area contributed by atoms with Gasteiger partial charge in [-0.25, -0.2) is 0 Å². The summed E-state index contributed by atoms with van der Waals surface area (Å²) in [7, 11) is 0. The molecular weight excluding hydrogens is 272 g/mol. The number of nitrogens with zero attached hydrogens (tertiary/aromatic N) is 1. The number of pyridine rings is 1. The second kappa shape index (κ2) is 5.98. The van der Waals surface area contributed by atoms with Gasteiger partial charge in [0.2, 0.25) is 0 Å². The molecule has 0 spiro atoms. The molecule has 2 unspecified atom stereocenters. The first kappa shape index (κ1) is 15.4. The summed E-state index contributed by atoms with van der Waals surface area (Å²) in [5.74, 6) is 0. The van der Waals surface area contributed by atoms with E-state index < -0.39 is 6.10 Å². The molecule has 1 fully saturated rings. The van der Waals surface area contributed by atoms with E-state index in [2.05, 4.69) is 38.2 Å². The van der Waals surface area contributed by atoms with Crippen molar-refractivity contribution in [2.75, 3.05) is 6.54 Å². The monoisotopic (exact) mass is 298 g/mol. The van der Waals surface area contributed by atoms with Crippen LogP contribution in [-0.2, 0) is 5.41 Å². The molecule has 2 N–H and O–H groups in total. The lowest BCUT2D eigenvalue weighted by atomic mass is 9.87. The van der Waals surface area contributed by atoms with Crippen molar-refractivity contribution in [2.45, 2.75) is 57.6 Å². The lowest BCUT2D eigenvalue weighted by molar-refractivity contribution is 0.115. The third kappa shape index (κ3) is 3.01. The number of hydrogen-bond donors (Lipinski definition) is 2. The molecule has 118 valence electrons. The molecule has 22 heavy (non-hydrogen) atoms. The molecule has 2 atom stereocenters. The van der Waals surface area contributed by atoms with E-state index in [1.54, 1.807) is 0 Å². The van der Waals surface area contributed by atoms with Gasteiger partial charge < -0.3 is 10.4 Å². The first-order valence-corrected chi connectivity index (χ1v) is 8.28. The average Bonchev–Trinajstić information content (AvgIpc) is 2.53. The maximum Gasteiger partial charge on any atom is 0.0950 e. The zero-order valence-electron chi connectivity index (χ0n) is 13.8. The summed E-state index contributed by atoms with van der Waals surface area (Å²) in [6.45, 7) is 7.49. The summed E-state index contributed by atoms with van der Waals surface area (Å²) >= 11 is 0. The molecule has 0 saturated carbocycles. The second-order valence-electron chi connectivity index (χ2n) is 7.37. The van der Waals surface area contributed by atoms with Gasteiger partial charge in [-0.3, -0.25) is 4.98 Å². The standard InChI is InChI=1S/C19H26N2O/c1-19(2,3)17-12-14(13-8-4-5-9-15(13)21-17)18(22)16-10-6-7-11-20-16/h4-5,8-9,12,16,18,20,22H,6-7,10-11H2,1-3H3. The molecule has 2 heterocycles. The Morgan fingerprint density at radius 1 is 1.23 bits per heavy atom. The Labute approximate surface area is 132 Å². The summed E-state index contributed by atoms with van der Waals surface area (Å²) in [4.78, 5) is 4.80. The summed E-state index contributed by atoms with van der Waals surface area (Å²) in [6.07, 6.45) is 2.94. The Morgan fingerprint density at radius 2 is 2.00 bits per heavy atom. The van der Waals surface area contributed by atoms with Gasteiger partial charge in [-0.05, 0) is 37.1 Å². The highest BCUT2D eigenvalue weighted by atomic mass is 16.3. The van der Waals surface area contributed by atoms with E-state index in [1.165, 1.54) is 12.8 Å². The molecule has 2 aromatic rings. The van der Waals surface area contributed by atoms with Gasteiger partial charge in [0.1, 0.15) is 0 Å². The van der Waals surface area contributed by atoms with Crippen LogP contribution in [0.2, 0.25) is 0 Å². The van der Waals surface area contributed by atoms with Crippen molar-refractivity contribution >= 4 is 10.9 Å². The highest BCUT2D eigenvalue weighted by Crippen LogP contribution is 2.32. The van der Waals surface area contributed by atoms with Gasteiger partial charge in [-0.15, -0.1) is 0 Å². The first-order valence-electron chi connectivity index (χ1n) is 8.28. The van der Waals surface area contributed by atoms with E-state index in [0.717, 1.165) is 35.1 Å². The van der Waals surface area contributed by atoms with Crippen LogP contribution in [0.5, 0.6) is 0 Å². The van der Waals surface area contributed by atoms with Crippen LogP contribution in [-0.4, -0.2) is 22.7 Å². The summed E-state index contributed by atoms with van der Waals surface area (Å²) in [5, 5.41) is 15.5. The fraction of sp³-hybridized carbons (Fsp3) is 0.526. The van der Waals surface area contributed by atoms with Crippen molar-refractivity contribution in [2.24, 2.45) is 0 Å². The van der Waals surface area contributed by atoms with Gasteiger partial charge in [0, 0.05) is 22.5 Å². The van der Waals surface area contributed by atoms with Crippen molar-refractivity contribution in [3.8, 4) is 0 Å². The minimum atomic E-state index is -0.478. The van der Waals surface area contributed by atoms with Crippen molar-refractivity contribution in [1.82, 2.24) is 10.3 Å². The summed E-state index contributed by atoms with van der Waals surface area (Å²) in [5.41, 5.74) is 2.99. The normalized spacial score (nSPS) is 21.0. The molecule has 1 aromatic carbocycles. The quantitative estimate of drug-likeness (QED) is 0.888. The predicted molar refractivity (Wildman–Crippen MR) is 91.0 cm³/mol. The van der Waals surface area contributed by atoms with E-state index in [9.17, 15) is 5.11 Å². The minimum Gasteiger partial charge on any atom is -0.387 e. The van der Waals surface area contributed by atoms with Crippen molar-refractivity contribution in [3.05, 3.63) is 41.6 Å². The fourth-order valence-corrected chi connectivity index (χ4v) is 3.20. The zero-order chi connectivity index (χ0) is 15.7. The smallest absolute Gasteiger partial charge is 0.0950 e. The number of nitrogens with one attached hydrogen (secondary N) is 1. The van der Waals surface area contributed by atoms with Crippen LogP contribution in [0.1, 0.15) is 57.4 Å². The van der Waals surface area contributed by atoms with E-state index in [1.807, 2.05) is 18.2 Å². The summed E-state index contributed by atoms with van der Waals surface area (Å²) in [6, 6.07) is 10.4. The number of aromatic nitrogens is 1. The third-order valence-corrected chi connectivity index (χ3v) is 4.56. The SMILES string of the molecule is CC(C)(C)c1cc(C(O)C2CCCCN2)c2ccccc2n1. The number of para-hydroxylation sites is 1. The molecule has 1 aliphatic heterocycles. The maximum atomic E-state index is 10.9. The number of aliphatic hydroxyl groups is 1. The molecule has 0 aliphatic carbocycles. The van der Waals surface area contributed by atoms with Crippen molar-refractivity contribution < 1.29 is 5.11 Å². The summed E-state index contributed by atoms with van der Waals surface area (Å²) < 4.78 is 0. The predicted octanol–water partition coefficient (Wildman–Crippen LogP) is 3.71. The lowest BCUT2D eigenvalue weighted by Gasteiger charge is -2.30. The van der Waals surface area contributed by atoms with Gasteiger partial charge in [-0.1, -0.05) is 45.4 Å². The maximum absolute atomic E-state index is 10.9. The highest BCUT2D eigenvalue weighted by molar-refractivity contribution is 5.83. The van der Waals surface area contributed by atoms with Crippen LogP contribution in [0.15, 0.2) is 30.3 Å². The van der Waals surface area contributed by atoms with Crippen LogP contribution < -0.4 is 5.32 Å². The lowest BCUT2D eigenvalue weighted by Crippen LogP contribution is -2.39. The molecule has 3 nitrogen and oxygen atoms in total. The molecule has 3 heteroatoms. The van der Waals surface area contributed by atoms with E-state index in [-0.39, 0.29) is 11.5 Å². The largest absolute Gasteiger partial charge is 0.387 e. The molecule has 0 bridgehead atoms. The van der Waals surface area contributed by atoms with Gasteiger partial charge in [0.25, 0.3) is 0 Å². The molecule has 1 aliphatic rings. The second-order valence-corrected chi connectivity index (χ2v) is 7.37. The van der Waals surface area contributed by atoms with Gasteiger partial charge in [0.15, 0.2) is 0 Å². The number of benzene rings is 1. The van der Waals surface area contributed by atoms with Crippen LogP contribution in [0, 0.1) is 0 Å². The van der Waals surface area contributed by atoms with Crippen LogP contribution in [0.3, 0.4) is 0 Å². The Kier molecular flexibility index (Phi) is 4.20. The Morgan fingerprint density at radius 3 is 2.68 bits per heavy atom. The zero-order valence-corrected chi connectivity index (χ0v) is 13.8. The number of rotatable bonds is 2. The van der Waals surface area contributed by atoms with Crippen LogP contribution >= 0.6 is 0 Å². The fourth-order valence-electron chi connectivity index (χ4n) is 3.20. The van der Waals surface area contributed by atoms with Crippen molar-refractivity contribution in [3.63, 3.8) is 0 Å². The van der Waals surface area contributed by atoms with Crippen LogP contribution in [0.4, 0.5) is 0 Å². The van der Waals surface area contributed by atoms with E-state index in [4.69, 9.17) is 4.98 Å². The molecule has 0 radical (unpaired) electrons. The van der Waals surface area contributed by atoms with E-state index >= 15 is 0 Å². The highest BCUT2D eigenvalue weighted by Gasteiger charge is 2.26. The van der Waals surface area contributed by atoms with E-state index in [0.29, 0.717) is 0 Å². The number of fused-ring (bicyclic) bond motifs is 1. The van der Waals surface area contributed by atoms with Crippen molar-refractivity contribution in [1.29, 1.82) is 0 Å². The third-order valence-electron chi connectivity index (χ3n) is 4.56. The molecule has 1 aromatic heterocycles. The number of piperidine rings is 1. The first-order chi connectivity index (χ1) is 10.5. The van der Waals surface area contributed by atoms with Crippen LogP contribution in [0.25, 0.3) is 10.9 Å². The molecule has 1 saturated heterocycles. The molecule has 3 rings (SSSR count). The van der Waals surface area contributed by atoms with Gasteiger partial charge >= 0.3 is 0 Å². The Balaban J connectivity index is 2.09. The average molecular weight is 298 g/mol. The minimum absolute atomic E-state index is 0.0293. The Bertz CT molecular complexity index is 654.